The number of hydrogen-bond donors (Lipinski definition) is 1. The summed E-state index contributed by atoms with van der Waals surface area (Å²) in [7, 11) is 3.43. The normalized spacial score (nSPS) is 28.4. The van der Waals surface area contributed by atoms with E-state index >= 15 is 0 Å². The van der Waals surface area contributed by atoms with Gasteiger partial charge in [-0.1, -0.05) is 0 Å². The molecule has 0 aliphatic carbocycles. The maximum Gasteiger partial charge on any atom is 0.122 e. The number of methoxy groups -OCH3 is 2. The van der Waals surface area contributed by atoms with Crippen LogP contribution < -0.4 is 5.73 Å². The molecule has 5 nitrogen and oxygen atoms in total. The third-order valence-corrected chi connectivity index (χ3v) is 3.58. The molecule has 0 amide bonds. The molecule has 1 aliphatic heterocycles. The lowest BCUT2D eigenvalue weighted by Gasteiger charge is -2.28. The first-order valence-electron chi connectivity index (χ1n) is 6.26. The number of furan rings is 1. The van der Waals surface area contributed by atoms with Gasteiger partial charge in [0.15, 0.2) is 0 Å². The molecule has 2 heterocycles. The second-order valence-electron chi connectivity index (χ2n) is 4.82. The molecular weight excluding hydrogens is 232 g/mol. The van der Waals surface area contributed by atoms with Gasteiger partial charge in [-0.3, -0.25) is 4.90 Å². The Balaban J connectivity index is 2.14. The molecule has 0 bridgehead atoms. The molecule has 5 heteroatoms. The minimum absolute atomic E-state index is 0.00994. The van der Waals surface area contributed by atoms with Gasteiger partial charge in [0.1, 0.15) is 5.76 Å². The molecule has 102 valence electrons. The molecule has 18 heavy (non-hydrogen) atoms. The Morgan fingerprint density at radius 2 is 1.94 bits per heavy atom. The Bertz CT molecular complexity index is 341. The Labute approximate surface area is 108 Å². The average molecular weight is 254 g/mol. The van der Waals surface area contributed by atoms with Crippen molar-refractivity contribution in [2.24, 2.45) is 5.73 Å². The lowest BCUT2D eigenvalue weighted by Crippen LogP contribution is -2.38. The van der Waals surface area contributed by atoms with Crippen LogP contribution >= 0.6 is 0 Å². The van der Waals surface area contributed by atoms with Gasteiger partial charge in [0.05, 0.1) is 24.5 Å². The fraction of sp³-hybridized carbons (Fsp3) is 0.692. The van der Waals surface area contributed by atoms with Gasteiger partial charge in [-0.2, -0.15) is 0 Å². The van der Waals surface area contributed by atoms with Crippen LogP contribution in [0.4, 0.5) is 0 Å². The third kappa shape index (κ3) is 2.59. The van der Waals surface area contributed by atoms with Crippen LogP contribution in [0.3, 0.4) is 0 Å². The third-order valence-electron chi connectivity index (χ3n) is 3.58. The minimum Gasteiger partial charge on any atom is -0.468 e. The number of rotatable bonds is 5. The van der Waals surface area contributed by atoms with Crippen LogP contribution in [0.15, 0.2) is 22.8 Å². The second kappa shape index (κ2) is 5.84. The molecule has 1 aromatic rings. The van der Waals surface area contributed by atoms with E-state index in [1.54, 1.807) is 20.5 Å². The van der Waals surface area contributed by atoms with Crippen molar-refractivity contribution in [3.05, 3.63) is 24.2 Å². The Kier molecular flexibility index (Phi) is 4.40. The van der Waals surface area contributed by atoms with Crippen LogP contribution in [-0.2, 0) is 9.47 Å². The fourth-order valence-electron chi connectivity index (χ4n) is 2.68. The molecule has 0 radical (unpaired) electrons. The zero-order valence-corrected chi connectivity index (χ0v) is 11.2. The van der Waals surface area contributed by atoms with Crippen LogP contribution in [0, 0.1) is 0 Å². The molecule has 1 aromatic heterocycles. The van der Waals surface area contributed by atoms with Gasteiger partial charge in [-0.05, 0) is 19.1 Å². The first-order chi connectivity index (χ1) is 8.67. The smallest absolute Gasteiger partial charge is 0.122 e. The molecule has 0 aromatic carbocycles. The van der Waals surface area contributed by atoms with Crippen LogP contribution in [0.5, 0.6) is 0 Å². The summed E-state index contributed by atoms with van der Waals surface area (Å²) in [5.41, 5.74) is 6.10. The van der Waals surface area contributed by atoms with E-state index in [4.69, 9.17) is 19.6 Å². The maximum absolute atomic E-state index is 6.10. The first kappa shape index (κ1) is 13.5. The van der Waals surface area contributed by atoms with Crippen molar-refractivity contribution in [1.82, 2.24) is 4.90 Å². The fourth-order valence-corrected chi connectivity index (χ4v) is 2.68. The molecule has 0 saturated carbocycles. The summed E-state index contributed by atoms with van der Waals surface area (Å²) in [5.74, 6) is 0.900. The predicted octanol–water partition coefficient (Wildman–Crippen LogP) is 1.01. The van der Waals surface area contributed by atoms with Crippen molar-refractivity contribution in [3.63, 3.8) is 0 Å². The summed E-state index contributed by atoms with van der Waals surface area (Å²) in [4.78, 5) is 2.27. The van der Waals surface area contributed by atoms with E-state index in [0.29, 0.717) is 0 Å². The number of ether oxygens (including phenoxy) is 2. The molecule has 4 atom stereocenters. The zero-order valence-electron chi connectivity index (χ0n) is 11.2. The van der Waals surface area contributed by atoms with Crippen molar-refractivity contribution in [1.29, 1.82) is 0 Å². The lowest BCUT2D eigenvalue weighted by molar-refractivity contribution is -0.00461. The van der Waals surface area contributed by atoms with E-state index in [1.807, 2.05) is 19.1 Å². The summed E-state index contributed by atoms with van der Waals surface area (Å²) >= 11 is 0. The van der Waals surface area contributed by atoms with E-state index in [2.05, 4.69) is 4.90 Å². The molecular formula is C13H22N2O3. The minimum atomic E-state index is -0.00994. The second-order valence-corrected chi connectivity index (χ2v) is 4.82. The molecule has 2 rings (SSSR count). The lowest BCUT2D eigenvalue weighted by atomic mass is 10.1. The van der Waals surface area contributed by atoms with Gasteiger partial charge in [0.25, 0.3) is 0 Å². The zero-order chi connectivity index (χ0) is 13.1. The van der Waals surface area contributed by atoms with E-state index in [1.165, 1.54) is 0 Å². The van der Waals surface area contributed by atoms with E-state index in [-0.39, 0.29) is 24.3 Å². The monoisotopic (exact) mass is 254 g/mol. The predicted molar refractivity (Wildman–Crippen MR) is 68.3 cm³/mol. The molecule has 2 N–H and O–H groups in total. The van der Waals surface area contributed by atoms with Crippen molar-refractivity contribution in [2.45, 2.75) is 31.2 Å². The van der Waals surface area contributed by atoms with Crippen molar-refractivity contribution < 1.29 is 13.9 Å². The average Bonchev–Trinajstić information content (AvgIpc) is 2.98. The van der Waals surface area contributed by atoms with Crippen molar-refractivity contribution in [3.8, 4) is 0 Å². The molecule has 4 unspecified atom stereocenters. The van der Waals surface area contributed by atoms with Gasteiger partial charge in [0, 0.05) is 33.4 Å². The molecule has 1 aliphatic rings. The van der Waals surface area contributed by atoms with E-state index < -0.39 is 0 Å². The number of likely N-dealkylation sites (tertiary alicyclic amines) is 1. The van der Waals surface area contributed by atoms with Crippen molar-refractivity contribution in [2.75, 3.05) is 27.3 Å². The summed E-state index contributed by atoms with van der Waals surface area (Å²) in [5, 5.41) is 0. The topological polar surface area (TPSA) is 60.9 Å². The van der Waals surface area contributed by atoms with Gasteiger partial charge in [-0.25, -0.2) is 0 Å². The SMILES string of the molecule is COC1CN(C(c2ccco2)C(C)N)CC1OC. The van der Waals surface area contributed by atoms with E-state index in [0.717, 1.165) is 18.8 Å². The highest BCUT2D eigenvalue weighted by Gasteiger charge is 2.39. The number of nitrogens with two attached hydrogens (primary N) is 1. The number of hydrogen-bond acceptors (Lipinski definition) is 5. The Hall–Kier alpha value is -0.880. The molecule has 1 fully saturated rings. The summed E-state index contributed by atoms with van der Waals surface area (Å²) in [6.45, 7) is 3.61. The quantitative estimate of drug-likeness (QED) is 0.850. The Morgan fingerprint density at radius 3 is 2.33 bits per heavy atom. The van der Waals surface area contributed by atoms with Gasteiger partial charge in [-0.15, -0.1) is 0 Å². The summed E-state index contributed by atoms with van der Waals surface area (Å²) in [6.07, 6.45) is 1.86. The van der Waals surface area contributed by atoms with E-state index in [9.17, 15) is 0 Å². The highest BCUT2D eigenvalue weighted by molar-refractivity contribution is 5.09. The van der Waals surface area contributed by atoms with Gasteiger partial charge < -0.3 is 19.6 Å². The molecule has 1 saturated heterocycles. The van der Waals surface area contributed by atoms with Crippen LogP contribution in [0.25, 0.3) is 0 Å². The van der Waals surface area contributed by atoms with Gasteiger partial charge in [0.2, 0.25) is 0 Å². The summed E-state index contributed by atoms with van der Waals surface area (Å²) in [6, 6.07) is 3.92. The largest absolute Gasteiger partial charge is 0.468 e. The Morgan fingerprint density at radius 1 is 1.33 bits per heavy atom. The van der Waals surface area contributed by atoms with Crippen molar-refractivity contribution >= 4 is 0 Å². The first-order valence-corrected chi connectivity index (χ1v) is 6.26. The molecule has 0 spiro atoms. The maximum atomic E-state index is 6.10. The standard InChI is InChI=1S/C13H22N2O3/c1-9(14)13(10-5-4-6-18-10)15-7-11(16-2)12(8-15)17-3/h4-6,9,11-13H,7-8,14H2,1-3H3. The highest BCUT2D eigenvalue weighted by Crippen LogP contribution is 2.29. The summed E-state index contributed by atoms with van der Waals surface area (Å²) < 4.78 is 16.4. The van der Waals surface area contributed by atoms with Gasteiger partial charge >= 0.3 is 0 Å². The van der Waals surface area contributed by atoms with Crippen LogP contribution in [-0.4, -0.2) is 50.5 Å². The highest BCUT2D eigenvalue weighted by atomic mass is 16.5. The van der Waals surface area contributed by atoms with Crippen LogP contribution in [0.2, 0.25) is 0 Å². The van der Waals surface area contributed by atoms with Crippen LogP contribution in [0.1, 0.15) is 18.7 Å². The number of nitrogens with zero attached hydrogens (tertiary/aromatic N) is 1.